The molecule has 2 saturated carbocycles. The smallest absolute Gasteiger partial charge is 0.229 e. The van der Waals surface area contributed by atoms with Crippen LogP contribution >= 0.6 is 0 Å². The average Bonchev–Trinajstić information content (AvgIpc) is 3.39. The van der Waals surface area contributed by atoms with Gasteiger partial charge in [-0.1, -0.05) is 5.16 Å². The van der Waals surface area contributed by atoms with Crippen molar-refractivity contribution in [3.63, 3.8) is 0 Å². The number of hydrogen-bond donors (Lipinski definition) is 1. The average molecular weight is 276 g/mol. The van der Waals surface area contributed by atoms with Crippen molar-refractivity contribution >= 4 is 0 Å². The zero-order valence-electron chi connectivity index (χ0n) is 12.1. The molecule has 110 valence electrons. The summed E-state index contributed by atoms with van der Waals surface area (Å²) in [7, 11) is 0. The van der Waals surface area contributed by atoms with E-state index in [1.165, 1.54) is 45.1 Å². The maximum atomic E-state index is 5.32. The lowest BCUT2D eigenvalue weighted by Gasteiger charge is -2.31. The number of hydrogen-bond acceptors (Lipinski definition) is 5. The molecule has 2 aliphatic carbocycles. The highest BCUT2D eigenvalue weighted by molar-refractivity contribution is 5.01. The van der Waals surface area contributed by atoms with E-state index < -0.39 is 0 Å². The zero-order chi connectivity index (χ0) is 13.4. The van der Waals surface area contributed by atoms with Gasteiger partial charge in [-0.15, -0.1) is 0 Å². The van der Waals surface area contributed by atoms with Crippen molar-refractivity contribution in [2.24, 2.45) is 5.92 Å². The largest absolute Gasteiger partial charge is 0.339 e. The highest BCUT2D eigenvalue weighted by atomic mass is 16.5. The van der Waals surface area contributed by atoms with E-state index in [1.807, 2.05) is 0 Å². The summed E-state index contributed by atoms with van der Waals surface area (Å²) in [6, 6.07) is 0.721. The lowest BCUT2D eigenvalue weighted by atomic mass is 10.0. The second-order valence-electron chi connectivity index (χ2n) is 6.73. The van der Waals surface area contributed by atoms with Gasteiger partial charge < -0.3 is 9.84 Å². The van der Waals surface area contributed by atoms with Crippen LogP contribution in [0.25, 0.3) is 0 Å². The fourth-order valence-electron chi connectivity index (χ4n) is 2.98. The van der Waals surface area contributed by atoms with E-state index in [2.05, 4.69) is 20.4 Å². The fourth-order valence-corrected chi connectivity index (χ4v) is 2.98. The van der Waals surface area contributed by atoms with E-state index in [4.69, 9.17) is 4.52 Å². The molecule has 0 atom stereocenters. The van der Waals surface area contributed by atoms with Gasteiger partial charge in [0, 0.05) is 25.0 Å². The maximum Gasteiger partial charge on any atom is 0.229 e. The van der Waals surface area contributed by atoms with Crippen molar-refractivity contribution < 1.29 is 4.52 Å². The number of piperidine rings is 1. The molecule has 3 aliphatic rings. The summed E-state index contributed by atoms with van der Waals surface area (Å²) in [5.41, 5.74) is 0. The fraction of sp³-hybridized carbons (Fsp3) is 0.867. The van der Waals surface area contributed by atoms with Crippen LogP contribution in [0.3, 0.4) is 0 Å². The number of nitrogens with zero attached hydrogens (tertiary/aromatic N) is 3. The monoisotopic (exact) mass is 276 g/mol. The summed E-state index contributed by atoms with van der Waals surface area (Å²) in [5, 5.41) is 7.83. The Morgan fingerprint density at radius 1 is 1.10 bits per heavy atom. The van der Waals surface area contributed by atoms with E-state index in [1.54, 1.807) is 0 Å². The molecule has 1 saturated heterocycles. The van der Waals surface area contributed by atoms with Crippen LogP contribution in [-0.2, 0) is 6.54 Å². The molecule has 20 heavy (non-hydrogen) atoms. The van der Waals surface area contributed by atoms with E-state index in [9.17, 15) is 0 Å². The minimum atomic E-state index is 0.564. The van der Waals surface area contributed by atoms with Crippen LogP contribution in [0.5, 0.6) is 0 Å². The first-order valence-electron chi connectivity index (χ1n) is 8.15. The molecule has 0 aromatic carbocycles. The number of likely N-dealkylation sites (tertiary alicyclic amines) is 1. The van der Waals surface area contributed by atoms with Gasteiger partial charge in [-0.2, -0.15) is 4.98 Å². The third-order valence-corrected chi connectivity index (χ3v) is 4.76. The van der Waals surface area contributed by atoms with Crippen LogP contribution in [0.4, 0.5) is 0 Å². The summed E-state index contributed by atoms with van der Waals surface area (Å²) >= 11 is 0. The highest BCUT2D eigenvalue weighted by Crippen LogP contribution is 2.38. The van der Waals surface area contributed by atoms with E-state index in [-0.39, 0.29) is 0 Å². The van der Waals surface area contributed by atoms with Crippen LogP contribution in [0.15, 0.2) is 4.52 Å². The van der Waals surface area contributed by atoms with Crippen LogP contribution in [0.1, 0.15) is 56.2 Å². The van der Waals surface area contributed by atoms with E-state index in [0.717, 1.165) is 43.3 Å². The van der Waals surface area contributed by atoms with Crippen LogP contribution in [0.2, 0.25) is 0 Å². The normalized spacial score (nSPS) is 25.2. The Morgan fingerprint density at radius 3 is 2.60 bits per heavy atom. The summed E-state index contributed by atoms with van der Waals surface area (Å²) in [6.45, 7) is 4.39. The topological polar surface area (TPSA) is 54.2 Å². The van der Waals surface area contributed by atoms with Gasteiger partial charge in [-0.3, -0.25) is 4.90 Å². The first-order valence-corrected chi connectivity index (χ1v) is 8.15. The standard InChI is InChI=1S/C15H24N4O/c1-2-11(1)9-16-13-5-7-19(8-6-13)10-14-17-15(20-18-14)12-3-4-12/h11-13,16H,1-10H2. The van der Waals surface area contributed by atoms with Gasteiger partial charge in [0.05, 0.1) is 6.54 Å². The van der Waals surface area contributed by atoms with Crippen LogP contribution in [-0.4, -0.2) is 40.7 Å². The highest BCUT2D eigenvalue weighted by Gasteiger charge is 2.30. The van der Waals surface area contributed by atoms with Gasteiger partial charge in [-0.25, -0.2) is 0 Å². The Kier molecular flexibility index (Phi) is 3.48. The van der Waals surface area contributed by atoms with Crippen molar-refractivity contribution in [2.75, 3.05) is 19.6 Å². The second kappa shape index (κ2) is 5.45. The molecule has 0 bridgehead atoms. The molecule has 3 fully saturated rings. The minimum Gasteiger partial charge on any atom is -0.339 e. The lowest BCUT2D eigenvalue weighted by molar-refractivity contribution is 0.184. The molecular formula is C15H24N4O. The molecule has 4 rings (SSSR count). The van der Waals surface area contributed by atoms with Gasteiger partial charge in [0.25, 0.3) is 0 Å². The Balaban J connectivity index is 1.21. The summed E-state index contributed by atoms with van der Waals surface area (Å²) in [5.74, 6) is 3.28. The van der Waals surface area contributed by atoms with Crippen molar-refractivity contribution in [1.29, 1.82) is 0 Å². The third-order valence-electron chi connectivity index (χ3n) is 4.76. The molecule has 0 radical (unpaired) electrons. The van der Waals surface area contributed by atoms with Gasteiger partial charge in [-0.05, 0) is 51.0 Å². The number of aromatic nitrogens is 2. The van der Waals surface area contributed by atoms with Crippen molar-refractivity contribution in [1.82, 2.24) is 20.4 Å². The molecule has 1 aromatic rings. The number of rotatable bonds is 6. The molecule has 2 heterocycles. The molecule has 5 heteroatoms. The SMILES string of the molecule is C1CC1CNC1CCN(Cc2noc(C3CC3)n2)CC1. The Hall–Kier alpha value is -0.940. The third kappa shape index (κ3) is 3.20. The molecule has 0 spiro atoms. The second-order valence-corrected chi connectivity index (χ2v) is 6.73. The van der Waals surface area contributed by atoms with Gasteiger partial charge in [0.2, 0.25) is 5.89 Å². The van der Waals surface area contributed by atoms with Gasteiger partial charge >= 0.3 is 0 Å². The Labute approximate surface area is 120 Å². The lowest BCUT2D eigenvalue weighted by Crippen LogP contribution is -2.42. The molecule has 1 aliphatic heterocycles. The molecule has 1 N–H and O–H groups in total. The summed E-state index contributed by atoms with van der Waals surface area (Å²) in [4.78, 5) is 6.97. The van der Waals surface area contributed by atoms with Crippen molar-refractivity contribution in [2.45, 2.75) is 57.0 Å². The van der Waals surface area contributed by atoms with Gasteiger partial charge in [0.15, 0.2) is 5.82 Å². The minimum absolute atomic E-state index is 0.564. The van der Waals surface area contributed by atoms with Crippen LogP contribution < -0.4 is 5.32 Å². The maximum absolute atomic E-state index is 5.32. The van der Waals surface area contributed by atoms with Gasteiger partial charge in [0.1, 0.15) is 0 Å². The predicted octanol–water partition coefficient (Wildman–Crippen LogP) is 1.91. The number of nitrogens with one attached hydrogen (secondary N) is 1. The van der Waals surface area contributed by atoms with E-state index >= 15 is 0 Å². The summed E-state index contributed by atoms with van der Waals surface area (Å²) in [6.07, 6.45) is 7.82. The quantitative estimate of drug-likeness (QED) is 0.860. The van der Waals surface area contributed by atoms with E-state index in [0.29, 0.717) is 5.92 Å². The first kappa shape index (κ1) is 12.8. The predicted molar refractivity (Wildman–Crippen MR) is 75.3 cm³/mol. The van der Waals surface area contributed by atoms with Crippen molar-refractivity contribution in [3.05, 3.63) is 11.7 Å². The first-order chi connectivity index (χ1) is 9.87. The zero-order valence-corrected chi connectivity index (χ0v) is 12.1. The van der Waals surface area contributed by atoms with Crippen LogP contribution in [0, 0.1) is 5.92 Å². The molecule has 0 amide bonds. The Bertz CT molecular complexity index is 444. The molecule has 0 unspecified atom stereocenters. The molecule has 5 nitrogen and oxygen atoms in total. The molecular weight excluding hydrogens is 252 g/mol. The Morgan fingerprint density at radius 2 is 1.90 bits per heavy atom. The summed E-state index contributed by atoms with van der Waals surface area (Å²) < 4.78 is 5.32. The molecule has 1 aromatic heterocycles. The van der Waals surface area contributed by atoms with Crippen molar-refractivity contribution in [3.8, 4) is 0 Å².